The highest BCUT2D eigenvalue weighted by Crippen LogP contribution is 2.21. The van der Waals surface area contributed by atoms with Crippen LogP contribution in [0.25, 0.3) is 0 Å². The number of rotatable bonds is 6. The standard InChI is InChI=1S/C18H27NO2/c1-15(20)17-11-7-8-12-18(17)21-14-13-19(2)16-9-5-3-4-6-10-16/h7-8,11-12,16H,3-6,9-10,13-14H2,1-2H3. The van der Waals surface area contributed by atoms with Gasteiger partial charge in [-0.25, -0.2) is 0 Å². The third-order valence-corrected chi connectivity index (χ3v) is 4.42. The number of hydrogen-bond donors (Lipinski definition) is 0. The van der Waals surface area contributed by atoms with E-state index in [4.69, 9.17) is 4.74 Å². The molecule has 0 bridgehead atoms. The van der Waals surface area contributed by atoms with Gasteiger partial charge in [0.1, 0.15) is 12.4 Å². The number of carbonyl (C=O) groups is 1. The summed E-state index contributed by atoms with van der Waals surface area (Å²) in [4.78, 5) is 14.0. The average molecular weight is 289 g/mol. The molecule has 0 unspecified atom stereocenters. The van der Waals surface area contributed by atoms with E-state index in [-0.39, 0.29) is 5.78 Å². The Morgan fingerprint density at radius 1 is 1.19 bits per heavy atom. The lowest BCUT2D eigenvalue weighted by molar-refractivity contribution is 0.101. The van der Waals surface area contributed by atoms with Gasteiger partial charge in [0.25, 0.3) is 0 Å². The number of benzene rings is 1. The van der Waals surface area contributed by atoms with Gasteiger partial charge in [0, 0.05) is 12.6 Å². The molecule has 116 valence electrons. The first-order valence-corrected chi connectivity index (χ1v) is 8.11. The monoisotopic (exact) mass is 289 g/mol. The zero-order valence-corrected chi connectivity index (χ0v) is 13.3. The number of likely N-dealkylation sites (N-methyl/N-ethyl adjacent to an activating group) is 1. The minimum Gasteiger partial charge on any atom is -0.491 e. The Balaban J connectivity index is 1.82. The van der Waals surface area contributed by atoms with Crippen LogP contribution < -0.4 is 4.74 Å². The van der Waals surface area contributed by atoms with Crippen molar-refractivity contribution in [1.29, 1.82) is 0 Å². The van der Waals surface area contributed by atoms with E-state index in [1.165, 1.54) is 38.5 Å². The molecule has 2 rings (SSSR count). The van der Waals surface area contributed by atoms with Crippen molar-refractivity contribution in [2.45, 2.75) is 51.5 Å². The quantitative estimate of drug-likeness (QED) is 0.587. The molecule has 0 aliphatic heterocycles. The van der Waals surface area contributed by atoms with Crippen LogP contribution in [0.5, 0.6) is 5.75 Å². The Hall–Kier alpha value is -1.35. The molecular weight excluding hydrogens is 262 g/mol. The first-order valence-electron chi connectivity index (χ1n) is 8.11. The molecule has 0 heterocycles. The van der Waals surface area contributed by atoms with Crippen LogP contribution in [-0.2, 0) is 0 Å². The second-order valence-electron chi connectivity index (χ2n) is 6.03. The maximum absolute atomic E-state index is 11.6. The summed E-state index contributed by atoms with van der Waals surface area (Å²) in [7, 11) is 2.19. The lowest BCUT2D eigenvalue weighted by Gasteiger charge is -2.27. The first kappa shape index (κ1) is 16.0. The number of ketones is 1. The maximum atomic E-state index is 11.6. The highest BCUT2D eigenvalue weighted by Gasteiger charge is 2.16. The molecule has 1 aliphatic carbocycles. The number of hydrogen-bond acceptors (Lipinski definition) is 3. The summed E-state index contributed by atoms with van der Waals surface area (Å²) in [5.74, 6) is 0.766. The van der Waals surface area contributed by atoms with Gasteiger partial charge in [-0.2, -0.15) is 0 Å². The molecule has 21 heavy (non-hydrogen) atoms. The third kappa shape index (κ3) is 4.85. The van der Waals surface area contributed by atoms with Gasteiger partial charge in [0.05, 0.1) is 5.56 Å². The molecule has 0 atom stereocenters. The van der Waals surface area contributed by atoms with E-state index in [0.29, 0.717) is 24.0 Å². The lowest BCUT2D eigenvalue weighted by atomic mass is 10.1. The van der Waals surface area contributed by atoms with Gasteiger partial charge in [-0.1, -0.05) is 37.8 Å². The summed E-state index contributed by atoms with van der Waals surface area (Å²) in [6, 6.07) is 8.19. The molecule has 3 nitrogen and oxygen atoms in total. The molecule has 1 aromatic carbocycles. The Bertz CT molecular complexity index is 450. The van der Waals surface area contributed by atoms with Gasteiger partial charge < -0.3 is 9.64 Å². The molecule has 0 amide bonds. The molecule has 1 saturated carbocycles. The van der Waals surface area contributed by atoms with E-state index in [1.54, 1.807) is 6.92 Å². The topological polar surface area (TPSA) is 29.5 Å². The first-order chi connectivity index (χ1) is 10.2. The van der Waals surface area contributed by atoms with E-state index in [1.807, 2.05) is 24.3 Å². The summed E-state index contributed by atoms with van der Waals surface area (Å²) >= 11 is 0. The largest absolute Gasteiger partial charge is 0.491 e. The molecular formula is C18H27NO2. The van der Waals surface area contributed by atoms with Crippen molar-refractivity contribution < 1.29 is 9.53 Å². The maximum Gasteiger partial charge on any atom is 0.163 e. The lowest BCUT2D eigenvalue weighted by Crippen LogP contribution is -2.34. The summed E-state index contributed by atoms with van der Waals surface area (Å²) in [5, 5.41) is 0. The van der Waals surface area contributed by atoms with Crippen LogP contribution in [0.4, 0.5) is 0 Å². The van der Waals surface area contributed by atoms with Gasteiger partial charge in [-0.05, 0) is 38.9 Å². The van der Waals surface area contributed by atoms with E-state index in [9.17, 15) is 4.79 Å². The second-order valence-corrected chi connectivity index (χ2v) is 6.03. The van der Waals surface area contributed by atoms with Crippen molar-refractivity contribution in [3.8, 4) is 5.75 Å². The smallest absolute Gasteiger partial charge is 0.163 e. The highest BCUT2D eigenvalue weighted by molar-refractivity contribution is 5.96. The van der Waals surface area contributed by atoms with Crippen molar-refractivity contribution in [3.05, 3.63) is 29.8 Å². The van der Waals surface area contributed by atoms with Crippen LogP contribution in [0.3, 0.4) is 0 Å². The number of carbonyl (C=O) groups excluding carboxylic acids is 1. The predicted octanol–water partition coefficient (Wildman–Crippen LogP) is 3.92. The summed E-state index contributed by atoms with van der Waals surface area (Å²) in [6.45, 7) is 3.13. The van der Waals surface area contributed by atoms with E-state index < -0.39 is 0 Å². The van der Waals surface area contributed by atoms with Gasteiger partial charge in [-0.3, -0.25) is 4.79 Å². The molecule has 1 fully saturated rings. The van der Waals surface area contributed by atoms with E-state index in [0.717, 1.165) is 6.54 Å². The van der Waals surface area contributed by atoms with Crippen LogP contribution in [0, 0.1) is 0 Å². The van der Waals surface area contributed by atoms with Crippen molar-refractivity contribution >= 4 is 5.78 Å². The Morgan fingerprint density at radius 3 is 2.52 bits per heavy atom. The average Bonchev–Trinajstić information content (AvgIpc) is 2.76. The Labute approximate surface area is 128 Å². The van der Waals surface area contributed by atoms with Crippen molar-refractivity contribution in [1.82, 2.24) is 4.90 Å². The van der Waals surface area contributed by atoms with E-state index >= 15 is 0 Å². The molecule has 0 aromatic heterocycles. The van der Waals surface area contributed by atoms with Crippen molar-refractivity contribution in [2.24, 2.45) is 0 Å². The fraction of sp³-hybridized carbons (Fsp3) is 0.611. The Morgan fingerprint density at radius 2 is 1.86 bits per heavy atom. The summed E-state index contributed by atoms with van der Waals surface area (Å²) in [5.41, 5.74) is 0.676. The van der Waals surface area contributed by atoms with Gasteiger partial charge >= 0.3 is 0 Å². The molecule has 0 saturated heterocycles. The third-order valence-electron chi connectivity index (χ3n) is 4.42. The summed E-state index contributed by atoms with van der Waals surface area (Å²) in [6.07, 6.45) is 8.08. The molecule has 0 N–H and O–H groups in total. The van der Waals surface area contributed by atoms with Gasteiger partial charge in [0.2, 0.25) is 0 Å². The Kier molecular flexibility index (Phi) is 6.24. The molecule has 0 spiro atoms. The van der Waals surface area contributed by atoms with Gasteiger partial charge in [0.15, 0.2) is 5.78 Å². The fourth-order valence-electron chi connectivity index (χ4n) is 3.06. The van der Waals surface area contributed by atoms with Crippen molar-refractivity contribution in [2.75, 3.05) is 20.2 Å². The SMILES string of the molecule is CC(=O)c1ccccc1OCCN(C)C1CCCCCC1. The minimum absolute atomic E-state index is 0.0581. The van der Waals surface area contributed by atoms with E-state index in [2.05, 4.69) is 11.9 Å². The van der Waals surface area contributed by atoms with Crippen molar-refractivity contribution in [3.63, 3.8) is 0 Å². The number of ether oxygens (including phenoxy) is 1. The highest BCUT2D eigenvalue weighted by atomic mass is 16.5. The molecule has 1 aromatic rings. The molecule has 0 radical (unpaired) electrons. The second kappa shape index (κ2) is 8.18. The number of para-hydroxylation sites is 1. The normalized spacial score (nSPS) is 16.7. The van der Waals surface area contributed by atoms with Crippen LogP contribution in [0.1, 0.15) is 55.8 Å². The zero-order chi connectivity index (χ0) is 15.1. The van der Waals surface area contributed by atoms with Crippen LogP contribution in [0.2, 0.25) is 0 Å². The van der Waals surface area contributed by atoms with Gasteiger partial charge in [-0.15, -0.1) is 0 Å². The van der Waals surface area contributed by atoms with Crippen LogP contribution in [0.15, 0.2) is 24.3 Å². The number of nitrogens with zero attached hydrogens (tertiary/aromatic N) is 1. The predicted molar refractivity (Wildman–Crippen MR) is 86.1 cm³/mol. The zero-order valence-electron chi connectivity index (χ0n) is 13.3. The fourth-order valence-corrected chi connectivity index (χ4v) is 3.06. The molecule has 3 heteroatoms. The minimum atomic E-state index is 0.0581. The molecule has 1 aliphatic rings. The number of Topliss-reactive ketones (excluding diaryl/α,β-unsaturated/α-hetero) is 1. The summed E-state index contributed by atoms with van der Waals surface area (Å²) < 4.78 is 5.83. The van der Waals surface area contributed by atoms with Crippen LogP contribution >= 0.6 is 0 Å². The van der Waals surface area contributed by atoms with Crippen LogP contribution in [-0.4, -0.2) is 36.9 Å².